The van der Waals surface area contributed by atoms with Gasteiger partial charge in [-0.15, -0.1) is 0 Å². The monoisotopic (exact) mass is 558 g/mol. The van der Waals surface area contributed by atoms with Gasteiger partial charge >= 0.3 is 13.5 Å². The second-order valence-electron chi connectivity index (χ2n) is 7.73. The molecule has 37 heavy (non-hydrogen) atoms. The Kier molecular flexibility index (Phi) is 20.4. The number of nitrogens with zero attached hydrogens (tertiary/aromatic N) is 2. The quantitative estimate of drug-likeness (QED) is 0.124. The number of phosphoric acid groups is 1. The van der Waals surface area contributed by atoms with Crippen LogP contribution in [-0.2, 0) is 9.09 Å². The highest BCUT2D eigenvalue weighted by Crippen LogP contribution is 2.35. The van der Waals surface area contributed by atoms with Crippen molar-refractivity contribution in [1.29, 1.82) is 0 Å². The minimum Gasteiger partial charge on any atom is -0.391 e. The summed E-state index contributed by atoms with van der Waals surface area (Å²) < 4.78 is 14.5. The van der Waals surface area contributed by atoms with E-state index in [0.717, 1.165) is 0 Å². The van der Waals surface area contributed by atoms with Crippen molar-refractivity contribution >= 4 is 19.3 Å². The van der Waals surface area contributed by atoms with Gasteiger partial charge in [-0.3, -0.25) is 19.3 Å². The molecule has 0 unspecified atom stereocenters. The number of aliphatic hydroxyl groups excluding tert-OH is 3. The van der Waals surface area contributed by atoms with Gasteiger partial charge in [-0.1, -0.05) is 41.5 Å². The van der Waals surface area contributed by atoms with Gasteiger partial charge < -0.3 is 46.0 Å². The van der Waals surface area contributed by atoms with Crippen molar-refractivity contribution in [1.82, 2.24) is 19.8 Å². The van der Waals surface area contributed by atoms with Crippen molar-refractivity contribution < 1.29 is 34.2 Å². The van der Waals surface area contributed by atoms with E-state index in [9.17, 15) is 29.5 Å². The van der Waals surface area contributed by atoms with Crippen LogP contribution in [0.2, 0.25) is 0 Å². The lowest BCUT2D eigenvalue weighted by molar-refractivity contribution is -0.0705. The number of phosphoric ester groups is 1. The zero-order chi connectivity index (χ0) is 29.2. The summed E-state index contributed by atoms with van der Waals surface area (Å²) in [6.07, 6.45) is -5.26. The Balaban J connectivity index is 0. The smallest absolute Gasteiger partial charge is 0.391 e. The molecule has 0 aliphatic heterocycles. The summed E-state index contributed by atoms with van der Waals surface area (Å²) in [6, 6.07) is 0. The SMILES string of the molecule is CCN(CC)CC.CCN(CC)CC.Nc1c(NC[C@H](O)[C@H](O)[C@H](O)COP(=O)(O)O)[nH]c(=O)[nH]c1=O. The molecule has 0 aliphatic rings. The highest BCUT2D eigenvalue weighted by Gasteiger charge is 2.27. The van der Waals surface area contributed by atoms with E-state index >= 15 is 0 Å². The second-order valence-corrected chi connectivity index (χ2v) is 8.97. The highest BCUT2D eigenvalue weighted by atomic mass is 31.2. The van der Waals surface area contributed by atoms with Gasteiger partial charge in [-0.25, -0.2) is 9.36 Å². The van der Waals surface area contributed by atoms with E-state index in [1.165, 1.54) is 39.3 Å². The van der Waals surface area contributed by atoms with E-state index in [4.69, 9.17) is 15.5 Å². The van der Waals surface area contributed by atoms with Crippen molar-refractivity contribution in [2.45, 2.75) is 59.9 Å². The van der Waals surface area contributed by atoms with Gasteiger partial charge in [0.1, 0.15) is 23.7 Å². The summed E-state index contributed by atoms with van der Waals surface area (Å²) in [5.41, 5.74) is 3.32. The maximum Gasteiger partial charge on any atom is 0.469 e. The van der Waals surface area contributed by atoms with Gasteiger partial charge in [0.2, 0.25) is 0 Å². The predicted octanol–water partition coefficient (Wildman–Crippen LogP) is -1.05. The fraction of sp³-hybridized carbons (Fsp3) is 0.810. The van der Waals surface area contributed by atoms with Gasteiger partial charge in [0.15, 0.2) is 0 Å². The molecule has 1 rings (SSSR count). The average Bonchev–Trinajstić information content (AvgIpc) is 2.85. The first-order chi connectivity index (χ1) is 17.2. The Morgan fingerprint density at radius 3 is 1.65 bits per heavy atom. The zero-order valence-corrected chi connectivity index (χ0v) is 23.6. The Morgan fingerprint density at radius 1 is 0.865 bits per heavy atom. The van der Waals surface area contributed by atoms with Crippen molar-refractivity contribution in [2.24, 2.45) is 0 Å². The Bertz CT molecular complexity index is 848. The molecular formula is C21H47N6O9P. The average molecular weight is 559 g/mol. The molecule has 16 heteroatoms. The Morgan fingerprint density at radius 2 is 1.30 bits per heavy atom. The van der Waals surface area contributed by atoms with Crippen molar-refractivity contribution in [3.8, 4) is 0 Å². The molecule has 1 aromatic rings. The first kappa shape index (κ1) is 37.3. The van der Waals surface area contributed by atoms with Gasteiger partial charge in [0, 0.05) is 6.54 Å². The fourth-order valence-electron chi connectivity index (χ4n) is 2.83. The summed E-state index contributed by atoms with van der Waals surface area (Å²) >= 11 is 0. The molecule has 1 heterocycles. The van der Waals surface area contributed by atoms with Crippen LogP contribution in [0.1, 0.15) is 41.5 Å². The number of hydrogen-bond acceptors (Lipinski definition) is 11. The molecule has 0 spiro atoms. The van der Waals surface area contributed by atoms with E-state index in [1.54, 1.807) is 0 Å². The van der Waals surface area contributed by atoms with Crippen LogP contribution >= 0.6 is 7.82 Å². The summed E-state index contributed by atoms with van der Waals surface area (Å²) in [5.74, 6) is -0.203. The van der Waals surface area contributed by atoms with Crippen LogP contribution in [-0.4, -0.2) is 116 Å². The van der Waals surface area contributed by atoms with Crippen LogP contribution in [0.15, 0.2) is 9.59 Å². The van der Waals surface area contributed by atoms with Crippen LogP contribution in [0.4, 0.5) is 11.5 Å². The molecule has 220 valence electrons. The number of H-pyrrole nitrogens is 2. The molecule has 0 radical (unpaired) electrons. The number of rotatable bonds is 14. The molecule has 0 saturated carbocycles. The number of anilines is 2. The number of aliphatic hydroxyl groups is 3. The van der Waals surface area contributed by atoms with Crippen LogP contribution in [0.5, 0.6) is 0 Å². The molecule has 0 aromatic carbocycles. The van der Waals surface area contributed by atoms with Gasteiger partial charge in [0.25, 0.3) is 5.56 Å². The number of aromatic amines is 2. The highest BCUT2D eigenvalue weighted by molar-refractivity contribution is 7.46. The summed E-state index contributed by atoms with van der Waals surface area (Å²) in [5, 5.41) is 31.1. The molecule has 1 aromatic heterocycles. The molecule has 0 bridgehead atoms. The number of nitrogens with two attached hydrogens (primary N) is 1. The first-order valence-electron chi connectivity index (χ1n) is 12.3. The third-order valence-electron chi connectivity index (χ3n) is 5.35. The molecule has 10 N–H and O–H groups in total. The minimum absolute atomic E-state index is 0.203. The summed E-state index contributed by atoms with van der Waals surface area (Å²) in [4.78, 5) is 48.0. The topological polar surface area (TPSA) is 238 Å². The van der Waals surface area contributed by atoms with Crippen molar-refractivity contribution in [3.05, 3.63) is 20.8 Å². The third-order valence-corrected chi connectivity index (χ3v) is 5.84. The van der Waals surface area contributed by atoms with Gasteiger partial charge in [-0.05, 0) is 39.3 Å². The van der Waals surface area contributed by atoms with E-state index in [1.807, 2.05) is 4.98 Å². The van der Waals surface area contributed by atoms with Crippen LogP contribution in [0.25, 0.3) is 0 Å². The van der Waals surface area contributed by atoms with Gasteiger partial charge in [0.05, 0.1) is 12.7 Å². The summed E-state index contributed by atoms with van der Waals surface area (Å²) in [7, 11) is -4.83. The number of nitrogens with one attached hydrogen (secondary N) is 3. The van der Waals surface area contributed by atoms with Crippen LogP contribution in [0, 0.1) is 0 Å². The second kappa shape index (κ2) is 20.2. The Hall–Kier alpha value is -1.81. The number of hydrogen-bond donors (Lipinski definition) is 9. The maximum atomic E-state index is 11.2. The van der Waals surface area contributed by atoms with Gasteiger partial charge in [-0.2, -0.15) is 0 Å². The van der Waals surface area contributed by atoms with Crippen molar-refractivity contribution in [2.75, 3.05) is 63.5 Å². The largest absolute Gasteiger partial charge is 0.469 e. The molecule has 0 saturated heterocycles. The molecule has 0 fully saturated rings. The molecular weight excluding hydrogens is 511 g/mol. The minimum atomic E-state index is -4.83. The third kappa shape index (κ3) is 17.3. The standard InChI is InChI=1S/C9H17N4O9P.2C6H15N/c10-5-7(12-9(18)13-8(5)17)11-1-3(14)6(16)4(15)2-22-23(19,20)21;2*1-4-7(5-2)6-3/h3-4,6,14-16H,1-2,10H2,(H2,19,20,21)(H3,11,12,13,17,18);2*4-6H2,1-3H3/t3-,4+,6-;;/m0../s1. The molecule has 0 aliphatic carbocycles. The van der Waals surface area contributed by atoms with E-state index in [2.05, 4.69) is 66.2 Å². The summed E-state index contributed by atoms with van der Waals surface area (Å²) in [6.45, 7) is 18.9. The van der Waals surface area contributed by atoms with E-state index < -0.39 is 50.5 Å². The molecule has 15 nitrogen and oxygen atoms in total. The van der Waals surface area contributed by atoms with Crippen LogP contribution in [0.3, 0.4) is 0 Å². The van der Waals surface area contributed by atoms with E-state index in [-0.39, 0.29) is 11.5 Å². The lowest BCUT2D eigenvalue weighted by Crippen LogP contribution is -2.43. The van der Waals surface area contributed by atoms with E-state index in [0.29, 0.717) is 0 Å². The zero-order valence-electron chi connectivity index (χ0n) is 22.7. The number of aromatic nitrogens is 2. The molecule has 0 amide bonds. The Labute approximate surface area is 217 Å². The van der Waals surface area contributed by atoms with Crippen LogP contribution < -0.4 is 22.3 Å². The molecule has 3 atom stereocenters. The maximum absolute atomic E-state index is 11.2. The lowest BCUT2D eigenvalue weighted by Gasteiger charge is -2.23. The lowest BCUT2D eigenvalue weighted by atomic mass is 10.1. The van der Waals surface area contributed by atoms with Crippen molar-refractivity contribution in [3.63, 3.8) is 0 Å². The predicted molar refractivity (Wildman–Crippen MR) is 144 cm³/mol. The normalized spacial score (nSPS) is 13.8. The fourth-order valence-corrected chi connectivity index (χ4v) is 3.18. The first-order valence-corrected chi connectivity index (χ1v) is 13.8. The number of nitrogen functional groups attached to an aromatic ring is 1.